The van der Waals surface area contributed by atoms with Gasteiger partial charge in [0.1, 0.15) is 24.4 Å². The van der Waals surface area contributed by atoms with Crippen LogP contribution in [0.4, 0.5) is 0 Å². The minimum Gasteiger partial charge on any atom is -0.353 e. The molecule has 4 rings (SSSR count). The van der Waals surface area contributed by atoms with Gasteiger partial charge in [0.2, 0.25) is 0 Å². The number of hydrogen-bond acceptors (Lipinski definition) is 7. The molecule has 6 atom stereocenters. The Balaban J connectivity index is 1.50. The first kappa shape index (κ1) is 17.1. The van der Waals surface area contributed by atoms with Crippen molar-refractivity contribution in [3.05, 3.63) is 0 Å². The first-order valence-electron chi connectivity index (χ1n) is 8.93. The van der Waals surface area contributed by atoms with E-state index in [0.29, 0.717) is 6.61 Å². The van der Waals surface area contributed by atoms with E-state index in [0.717, 1.165) is 25.9 Å². The molecule has 0 bridgehead atoms. The van der Waals surface area contributed by atoms with Crippen molar-refractivity contribution in [3.63, 3.8) is 0 Å². The molecule has 0 radical (unpaired) electrons. The third-order valence-electron chi connectivity index (χ3n) is 4.87. The molecule has 138 valence electrons. The molecule has 4 heterocycles. The van der Waals surface area contributed by atoms with Gasteiger partial charge in [0.05, 0.1) is 6.61 Å². The molecule has 0 aliphatic carbocycles. The molecule has 1 unspecified atom stereocenters. The van der Waals surface area contributed by atoms with Crippen molar-refractivity contribution < 1.29 is 33.2 Å². The highest BCUT2D eigenvalue weighted by Gasteiger charge is 2.59. The maximum atomic E-state index is 6.26. The van der Waals surface area contributed by atoms with Crippen molar-refractivity contribution in [3.8, 4) is 0 Å². The fourth-order valence-electron chi connectivity index (χ4n) is 3.83. The molecular formula is C17H28O7. The van der Waals surface area contributed by atoms with Crippen LogP contribution in [-0.4, -0.2) is 61.8 Å². The van der Waals surface area contributed by atoms with E-state index in [9.17, 15) is 0 Å². The van der Waals surface area contributed by atoms with E-state index in [2.05, 4.69) is 0 Å². The summed E-state index contributed by atoms with van der Waals surface area (Å²) in [6.07, 6.45) is 1.29. The van der Waals surface area contributed by atoms with Crippen LogP contribution in [0.15, 0.2) is 0 Å². The predicted molar refractivity (Wildman–Crippen MR) is 82.1 cm³/mol. The van der Waals surface area contributed by atoms with Crippen LogP contribution in [0.5, 0.6) is 0 Å². The average molecular weight is 344 g/mol. The summed E-state index contributed by atoms with van der Waals surface area (Å²) in [5.41, 5.74) is 0. The smallest absolute Gasteiger partial charge is 0.190 e. The van der Waals surface area contributed by atoms with E-state index >= 15 is 0 Å². The lowest BCUT2D eigenvalue weighted by Crippen LogP contribution is -2.46. The summed E-state index contributed by atoms with van der Waals surface area (Å²) in [4.78, 5) is 0. The standard InChI is InChI=1S/C17H28O7/c1-16(2)19-9-10(22-16)12-13(20-11-7-5-6-8-18-11)14-15(21-12)24-17(3,4)23-14/h10-15H,5-9H2,1-4H3/t10-,11?,12-,13+,14-,15-/m1/s1. The van der Waals surface area contributed by atoms with E-state index in [4.69, 9.17) is 33.2 Å². The number of fused-ring (bicyclic) bond motifs is 1. The minimum atomic E-state index is -0.679. The number of ether oxygens (including phenoxy) is 7. The minimum absolute atomic E-state index is 0.213. The molecule has 0 aromatic rings. The molecule has 4 saturated heterocycles. The summed E-state index contributed by atoms with van der Waals surface area (Å²) in [6.45, 7) is 8.77. The summed E-state index contributed by atoms with van der Waals surface area (Å²) in [6, 6.07) is 0. The van der Waals surface area contributed by atoms with Crippen LogP contribution >= 0.6 is 0 Å². The maximum Gasteiger partial charge on any atom is 0.190 e. The molecular weight excluding hydrogens is 316 g/mol. The van der Waals surface area contributed by atoms with Gasteiger partial charge < -0.3 is 33.2 Å². The lowest BCUT2D eigenvalue weighted by molar-refractivity contribution is -0.259. The third kappa shape index (κ3) is 3.35. The Morgan fingerprint density at radius 1 is 0.917 bits per heavy atom. The quantitative estimate of drug-likeness (QED) is 0.775. The van der Waals surface area contributed by atoms with Crippen LogP contribution < -0.4 is 0 Å². The van der Waals surface area contributed by atoms with Crippen molar-refractivity contribution in [2.45, 2.75) is 95.5 Å². The Kier molecular flexibility index (Phi) is 4.40. The van der Waals surface area contributed by atoms with Crippen molar-refractivity contribution in [2.75, 3.05) is 13.2 Å². The van der Waals surface area contributed by atoms with Crippen molar-refractivity contribution in [1.29, 1.82) is 0 Å². The molecule has 0 amide bonds. The van der Waals surface area contributed by atoms with Gasteiger partial charge in [-0.15, -0.1) is 0 Å². The molecule has 24 heavy (non-hydrogen) atoms. The van der Waals surface area contributed by atoms with Gasteiger partial charge >= 0.3 is 0 Å². The molecule has 7 nitrogen and oxygen atoms in total. The van der Waals surface area contributed by atoms with Gasteiger partial charge in [-0.25, -0.2) is 0 Å². The van der Waals surface area contributed by atoms with Crippen LogP contribution in [0.25, 0.3) is 0 Å². The zero-order valence-electron chi connectivity index (χ0n) is 14.9. The lowest BCUT2D eigenvalue weighted by atomic mass is 10.1. The van der Waals surface area contributed by atoms with Crippen molar-refractivity contribution in [1.82, 2.24) is 0 Å². The molecule has 0 aromatic carbocycles. The van der Waals surface area contributed by atoms with Crippen LogP contribution in [0.3, 0.4) is 0 Å². The molecule has 0 spiro atoms. The Morgan fingerprint density at radius 3 is 2.42 bits per heavy atom. The first-order valence-corrected chi connectivity index (χ1v) is 8.93. The highest BCUT2D eigenvalue weighted by atomic mass is 16.9. The van der Waals surface area contributed by atoms with Gasteiger partial charge in [0, 0.05) is 6.61 Å². The Labute approximate surface area is 142 Å². The van der Waals surface area contributed by atoms with Crippen molar-refractivity contribution in [2.24, 2.45) is 0 Å². The predicted octanol–water partition coefficient (Wildman–Crippen LogP) is 1.93. The van der Waals surface area contributed by atoms with Gasteiger partial charge in [0.25, 0.3) is 0 Å². The Bertz CT molecular complexity index is 460. The van der Waals surface area contributed by atoms with Crippen LogP contribution in [0.1, 0.15) is 47.0 Å². The van der Waals surface area contributed by atoms with Gasteiger partial charge in [-0.2, -0.15) is 0 Å². The monoisotopic (exact) mass is 344 g/mol. The Morgan fingerprint density at radius 2 is 1.75 bits per heavy atom. The fourth-order valence-corrected chi connectivity index (χ4v) is 3.83. The lowest BCUT2D eigenvalue weighted by Gasteiger charge is -2.32. The average Bonchev–Trinajstić information content (AvgIpc) is 3.11. The second-order valence-electron chi connectivity index (χ2n) is 7.83. The molecule has 0 saturated carbocycles. The largest absolute Gasteiger partial charge is 0.353 e. The SMILES string of the molecule is CC1(C)O[C@H]2O[C@H]([C@H]3COC(C)(C)O3)[C@H](OC3CCCCO3)[C@H]2O1. The van der Waals surface area contributed by atoms with Crippen LogP contribution in [0.2, 0.25) is 0 Å². The van der Waals surface area contributed by atoms with E-state index in [-0.39, 0.29) is 30.7 Å². The van der Waals surface area contributed by atoms with Gasteiger partial charge in [-0.1, -0.05) is 0 Å². The zero-order chi connectivity index (χ0) is 16.9. The topological polar surface area (TPSA) is 64.6 Å². The highest BCUT2D eigenvalue weighted by molar-refractivity contribution is 4.99. The van der Waals surface area contributed by atoms with Crippen molar-refractivity contribution >= 4 is 0 Å². The first-order chi connectivity index (χ1) is 11.3. The molecule has 4 fully saturated rings. The molecule has 7 heteroatoms. The molecule has 0 N–H and O–H groups in total. The van der Waals surface area contributed by atoms with Gasteiger partial charge in [0.15, 0.2) is 24.2 Å². The second kappa shape index (κ2) is 6.16. The number of hydrogen-bond donors (Lipinski definition) is 0. The Hall–Kier alpha value is -0.280. The van der Waals surface area contributed by atoms with E-state index in [1.54, 1.807) is 0 Å². The van der Waals surface area contributed by atoms with Crippen LogP contribution in [-0.2, 0) is 33.2 Å². The molecule has 0 aromatic heterocycles. The van der Waals surface area contributed by atoms with E-state index < -0.39 is 17.9 Å². The number of rotatable bonds is 3. The second-order valence-corrected chi connectivity index (χ2v) is 7.83. The fraction of sp³-hybridized carbons (Fsp3) is 1.00. The summed E-state index contributed by atoms with van der Waals surface area (Å²) in [5, 5.41) is 0. The maximum absolute atomic E-state index is 6.26. The van der Waals surface area contributed by atoms with Gasteiger partial charge in [-0.05, 0) is 47.0 Å². The summed E-state index contributed by atoms with van der Waals surface area (Å²) >= 11 is 0. The summed E-state index contributed by atoms with van der Waals surface area (Å²) in [5.74, 6) is -1.29. The third-order valence-corrected chi connectivity index (χ3v) is 4.87. The van der Waals surface area contributed by atoms with E-state index in [1.165, 1.54) is 0 Å². The summed E-state index contributed by atoms with van der Waals surface area (Å²) < 4.78 is 41.7. The van der Waals surface area contributed by atoms with E-state index in [1.807, 2.05) is 27.7 Å². The van der Waals surface area contributed by atoms with Gasteiger partial charge in [-0.3, -0.25) is 0 Å². The zero-order valence-corrected chi connectivity index (χ0v) is 14.9. The molecule has 4 aliphatic rings. The van der Waals surface area contributed by atoms with Crippen LogP contribution in [0, 0.1) is 0 Å². The normalized spacial score (nSPS) is 47.0. The highest BCUT2D eigenvalue weighted by Crippen LogP contribution is 2.42. The molecule has 4 aliphatic heterocycles. The summed E-state index contributed by atoms with van der Waals surface area (Å²) in [7, 11) is 0.